The number of hydrogen-bond donors (Lipinski definition) is 1. The lowest BCUT2D eigenvalue weighted by molar-refractivity contribution is -0.124. The summed E-state index contributed by atoms with van der Waals surface area (Å²) in [5.41, 5.74) is 1.29. The second-order valence-electron chi connectivity index (χ2n) is 5.87. The van der Waals surface area contributed by atoms with Gasteiger partial charge in [-0.3, -0.25) is 4.79 Å². The zero-order valence-corrected chi connectivity index (χ0v) is 13.7. The van der Waals surface area contributed by atoms with Gasteiger partial charge in [-0.2, -0.15) is 0 Å². The van der Waals surface area contributed by atoms with Gasteiger partial charge in [-0.05, 0) is 50.7 Å². The van der Waals surface area contributed by atoms with Crippen LogP contribution in [0.2, 0.25) is 0 Å². The molecular weight excluding hydrogens is 286 g/mol. The van der Waals surface area contributed by atoms with E-state index in [-0.39, 0.29) is 24.5 Å². The van der Waals surface area contributed by atoms with Gasteiger partial charge in [0, 0.05) is 10.9 Å². The number of amides is 1. The summed E-state index contributed by atoms with van der Waals surface area (Å²) in [5, 5.41) is 2.70. The number of rotatable bonds is 5. The number of carbonyl (C=O) groups excluding carboxylic acids is 2. The number of esters is 1. The van der Waals surface area contributed by atoms with Crippen molar-refractivity contribution < 1.29 is 14.3 Å². The molecule has 116 valence electrons. The van der Waals surface area contributed by atoms with E-state index < -0.39 is 0 Å². The van der Waals surface area contributed by atoms with E-state index in [1.54, 1.807) is 0 Å². The van der Waals surface area contributed by atoms with Crippen LogP contribution in [0.4, 0.5) is 0 Å². The Morgan fingerprint density at radius 1 is 1.48 bits per heavy atom. The molecule has 4 nitrogen and oxygen atoms in total. The molecule has 0 unspecified atom stereocenters. The van der Waals surface area contributed by atoms with Crippen LogP contribution in [0.5, 0.6) is 0 Å². The van der Waals surface area contributed by atoms with Crippen LogP contribution < -0.4 is 5.32 Å². The lowest BCUT2D eigenvalue weighted by atomic mass is 9.87. The molecule has 1 amide bonds. The summed E-state index contributed by atoms with van der Waals surface area (Å²) in [5.74, 6) is 0.0832. The first-order valence-electron chi connectivity index (χ1n) is 7.57. The van der Waals surface area contributed by atoms with Crippen molar-refractivity contribution in [3.63, 3.8) is 0 Å². The molecule has 21 heavy (non-hydrogen) atoms. The monoisotopic (exact) mass is 309 g/mol. The van der Waals surface area contributed by atoms with Gasteiger partial charge in [0.25, 0.3) is 5.91 Å². The molecule has 0 aromatic carbocycles. The van der Waals surface area contributed by atoms with Crippen LogP contribution in [-0.2, 0) is 22.4 Å². The van der Waals surface area contributed by atoms with Crippen LogP contribution in [0.1, 0.15) is 53.7 Å². The van der Waals surface area contributed by atoms with Crippen molar-refractivity contribution >= 4 is 23.2 Å². The molecule has 1 aromatic heterocycles. The summed E-state index contributed by atoms with van der Waals surface area (Å²) < 4.78 is 5.08. The Morgan fingerprint density at radius 2 is 2.24 bits per heavy atom. The smallest absolute Gasteiger partial charge is 0.348 e. The molecular formula is C16H23NO3S. The van der Waals surface area contributed by atoms with Gasteiger partial charge in [-0.25, -0.2) is 4.79 Å². The van der Waals surface area contributed by atoms with Crippen LogP contribution in [0.25, 0.3) is 0 Å². The van der Waals surface area contributed by atoms with Gasteiger partial charge < -0.3 is 10.1 Å². The van der Waals surface area contributed by atoms with Gasteiger partial charge in [0.1, 0.15) is 4.88 Å². The van der Waals surface area contributed by atoms with Crippen molar-refractivity contribution in [1.29, 1.82) is 0 Å². The molecule has 0 saturated carbocycles. The van der Waals surface area contributed by atoms with E-state index in [0.29, 0.717) is 4.88 Å². The first-order chi connectivity index (χ1) is 9.99. The fraction of sp³-hybridized carbons (Fsp3) is 0.625. The first kappa shape index (κ1) is 16.0. The number of nitrogens with one attached hydrogen (secondary N) is 1. The predicted molar refractivity (Wildman–Crippen MR) is 83.7 cm³/mol. The van der Waals surface area contributed by atoms with Crippen LogP contribution in [0.3, 0.4) is 0 Å². The summed E-state index contributed by atoms with van der Waals surface area (Å²) in [6.45, 7) is 5.75. The minimum Gasteiger partial charge on any atom is -0.451 e. The van der Waals surface area contributed by atoms with E-state index in [0.717, 1.165) is 18.8 Å². The molecule has 0 fully saturated rings. The van der Waals surface area contributed by atoms with Gasteiger partial charge in [0.2, 0.25) is 0 Å². The SMILES string of the molecule is CC[C@@H]1CCc2sc(C(=O)OCC(=O)NC(C)C)cc2C1. The Bertz CT molecular complexity index is 522. The topological polar surface area (TPSA) is 55.4 Å². The third-order valence-corrected chi connectivity index (χ3v) is 4.96. The second-order valence-corrected chi connectivity index (χ2v) is 7.01. The quantitative estimate of drug-likeness (QED) is 0.851. The van der Waals surface area contributed by atoms with E-state index in [1.165, 1.54) is 34.6 Å². The number of thiophene rings is 1. The number of carbonyl (C=O) groups is 2. The summed E-state index contributed by atoms with van der Waals surface area (Å²) in [7, 11) is 0. The molecule has 0 saturated heterocycles. The molecule has 0 bridgehead atoms. The highest BCUT2D eigenvalue weighted by Gasteiger charge is 2.22. The van der Waals surface area contributed by atoms with Gasteiger partial charge in [0.15, 0.2) is 6.61 Å². The Morgan fingerprint density at radius 3 is 2.90 bits per heavy atom. The van der Waals surface area contributed by atoms with Gasteiger partial charge in [-0.15, -0.1) is 11.3 Å². The fourth-order valence-electron chi connectivity index (χ4n) is 2.61. The Labute approximate surface area is 129 Å². The Balaban J connectivity index is 1.92. The van der Waals surface area contributed by atoms with Crippen LogP contribution in [0, 0.1) is 5.92 Å². The third kappa shape index (κ3) is 4.30. The zero-order chi connectivity index (χ0) is 15.4. The lowest BCUT2D eigenvalue weighted by Gasteiger charge is -2.19. The molecule has 1 atom stereocenters. The Kier molecular flexibility index (Phi) is 5.39. The molecule has 2 rings (SSSR count). The van der Waals surface area contributed by atoms with E-state index in [4.69, 9.17) is 4.74 Å². The molecule has 0 spiro atoms. The van der Waals surface area contributed by atoms with Crippen LogP contribution in [0.15, 0.2) is 6.07 Å². The lowest BCUT2D eigenvalue weighted by Crippen LogP contribution is -2.33. The molecule has 1 heterocycles. The highest BCUT2D eigenvalue weighted by Crippen LogP contribution is 2.33. The predicted octanol–water partition coefficient (Wildman–Crippen LogP) is 2.94. The molecule has 1 aliphatic rings. The number of fused-ring (bicyclic) bond motifs is 1. The van der Waals surface area contributed by atoms with Crippen molar-refractivity contribution in [3.8, 4) is 0 Å². The normalized spacial score (nSPS) is 17.4. The summed E-state index contributed by atoms with van der Waals surface area (Å²) in [4.78, 5) is 25.4. The highest BCUT2D eigenvalue weighted by molar-refractivity contribution is 7.14. The summed E-state index contributed by atoms with van der Waals surface area (Å²) in [6.07, 6.45) is 4.50. The summed E-state index contributed by atoms with van der Waals surface area (Å²) >= 11 is 1.52. The van der Waals surface area contributed by atoms with Gasteiger partial charge >= 0.3 is 5.97 Å². The van der Waals surface area contributed by atoms with E-state index in [1.807, 2.05) is 19.9 Å². The van der Waals surface area contributed by atoms with Crippen molar-refractivity contribution in [1.82, 2.24) is 5.32 Å². The van der Waals surface area contributed by atoms with Crippen molar-refractivity contribution in [2.75, 3.05) is 6.61 Å². The van der Waals surface area contributed by atoms with Crippen molar-refractivity contribution in [2.45, 2.75) is 52.5 Å². The van der Waals surface area contributed by atoms with Gasteiger partial charge in [-0.1, -0.05) is 13.3 Å². The Hall–Kier alpha value is -1.36. The molecule has 1 N–H and O–H groups in total. The van der Waals surface area contributed by atoms with Crippen LogP contribution in [-0.4, -0.2) is 24.5 Å². The number of aryl methyl sites for hydroxylation is 1. The van der Waals surface area contributed by atoms with E-state index >= 15 is 0 Å². The number of hydrogen-bond acceptors (Lipinski definition) is 4. The second kappa shape index (κ2) is 7.07. The van der Waals surface area contributed by atoms with E-state index in [2.05, 4.69) is 12.2 Å². The average Bonchev–Trinajstić information content (AvgIpc) is 2.86. The van der Waals surface area contributed by atoms with Gasteiger partial charge in [0.05, 0.1) is 0 Å². The third-order valence-electron chi connectivity index (χ3n) is 3.75. The van der Waals surface area contributed by atoms with Crippen molar-refractivity contribution in [3.05, 3.63) is 21.4 Å². The minimum atomic E-state index is -0.388. The standard InChI is InChI=1S/C16H23NO3S/c1-4-11-5-6-13-12(7-11)8-14(21-13)16(19)20-9-15(18)17-10(2)3/h8,10-11H,4-7,9H2,1-3H3,(H,17,18)/t11-/m1/s1. The molecule has 5 heteroatoms. The zero-order valence-electron chi connectivity index (χ0n) is 12.9. The van der Waals surface area contributed by atoms with Crippen molar-refractivity contribution in [2.24, 2.45) is 5.92 Å². The molecule has 0 aliphatic heterocycles. The van der Waals surface area contributed by atoms with E-state index in [9.17, 15) is 9.59 Å². The summed E-state index contributed by atoms with van der Waals surface area (Å²) in [6, 6.07) is 2.00. The largest absolute Gasteiger partial charge is 0.451 e. The maximum Gasteiger partial charge on any atom is 0.348 e. The average molecular weight is 309 g/mol. The number of ether oxygens (including phenoxy) is 1. The highest BCUT2D eigenvalue weighted by atomic mass is 32.1. The molecule has 1 aliphatic carbocycles. The maximum atomic E-state index is 12.0. The molecule has 0 radical (unpaired) electrons. The fourth-order valence-corrected chi connectivity index (χ4v) is 3.72. The minimum absolute atomic E-state index is 0.0521. The maximum absolute atomic E-state index is 12.0. The first-order valence-corrected chi connectivity index (χ1v) is 8.39. The van der Waals surface area contributed by atoms with Crippen LogP contribution >= 0.6 is 11.3 Å². The molecule has 1 aromatic rings.